The van der Waals surface area contributed by atoms with Crippen molar-refractivity contribution in [3.05, 3.63) is 106 Å². The zero-order chi connectivity index (χ0) is 20.9. The third kappa shape index (κ3) is 4.56. The molecule has 1 heterocycles. The maximum absolute atomic E-state index is 13.1. The number of fused-ring (bicyclic) bond motifs is 1. The van der Waals surface area contributed by atoms with E-state index in [0.29, 0.717) is 21.7 Å². The fraction of sp³-hybridized carbons (Fsp3) is 0. The van der Waals surface area contributed by atoms with Gasteiger partial charge in [-0.25, -0.2) is 4.98 Å². The lowest BCUT2D eigenvalue weighted by molar-refractivity contribution is 0.880. The highest BCUT2D eigenvalue weighted by Gasteiger charge is 2.10. The molecular weight excluding hydrogens is 416 g/mol. The molecule has 0 amide bonds. The highest BCUT2D eigenvalue weighted by Crippen LogP contribution is 2.13. The van der Waals surface area contributed by atoms with E-state index in [1.165, 1.54) is 4.68 Å². The van der Waals surface area contributed by atoms with E-state index in [1.807, 2.05) is 54.6 Å². The van der Waals surface area contributed by atoms with Gasteiger partial charge in [0, 0.05) is 10.7 Å². The van der Waals surface area contributed by atoms with E-state index in [-0.39, 0.29) is 10.7 Å². The van der Waals surface area contributed by atoms with Crippen molar-refractivity contribution in [2.24, 2.45) is 0 Å². The van der Waals surface area contributed by atoms with Gasteiger partial charge in [-0.2, -0.15) is 4.68 Å². The van der Waals surface area contributed by atoms with E-state index in [9.17, 15) is 4.79 Å². The normalized spacial score (nSPS) is 11.0. The zero-order valence-corrected chi connectivity index (χ0v) is 17.3. The number of benzene rings is 3. The van der Waals surface area contributed by atoms with Gasteiger partial charge in [-0.05, 0) is 60.3 Å². The monoisotopic (exact) mass is 432 g/mol. The van der Waals surface area contributed by atoms with Gasteiger partial charge in [0.15, 0.2) is 10.9 Å². The lowest BCUT2D eigenvalue weighted by Gasteiger charge is -2.15. The predicted molar refractivity (Wildman–Crippen MR) is 128 cm³/mol. The van der Waals surface area contributed by atoms with Crippen LogP contribution in [0.3, 0.4) is 0 Å². The van der Waals surface area contributed by atoms with Gasteiger partial charge in [0.05, 0.1) is 10.9 Å². The lowest BCUT2D eigenvalue weighted by Crippen LogP contribution is -2.37. The lowest BCUT2D eigenvalue weighted by atomic mass is 10.2. The quantitative estimate of drug-likeness (QED) is 0.436. The Balaban J connectivity index is 1.71. The average molecular weight is 433 g/mol. The Morgan fingerprint density at radius 2 is 1.63 bits per heavy atom. The minimum atomic E-state index is -0.242. The molecule has 0 aliphatic heterocycles. The fourth-order valence-electron chi connectivity index (χ4n) is 2.90. The number of aromatic nitrogens is 2. The van der Waals surface area contributed by atoms with Gasteiger partial charge in [-0.15, -0.1) is 0 Å². The highest BCUT2D eigenvalue weighted by atomic mass is 35.5. The summed E-state index contributed by atoms with van der Waals surface area (Å²) in [6.45, 7) is 0. The first kappa shape index (κ1) is 19.8. The number of halogens is 1. The van der Waals surface area contributed by atoms with Crippen molar-refractivity contribution in [2.45, 2.75) is 0 Å². The Hall–Kier alpha value is -3.48. The third-order valence-electron chi connectivity index (χ3n) is 4.34. The first-order valence-corrected chi connectivity index (χ1v) is 9.97. The molecule has 0 aliphatic rings. The van der Waals surface area contributed by atoms with Crippen molar-refractivity contribution < 1.29 is 0 Å². The maximum Gasteiger partial charge on any atom is 0.280 e. The Morgan fingerprint density at radius 3 is 2.40 bits per heavy atom. The Labute approximate surface area is 183 Å². The highest BCUT2D eigenvalue weighted by molar-refractivity contribution is 7.80. The topological polar surface area (TPSA) is 59.0 Å². The van der Waals surface area contributed by atoms with Gasteiger partial charge in [-0.1, -0.05) is 60.1 Å². The number of hydrogen-bond acceptors (Lipinski definition) is 3. The zero-order valence-electron chi connectivity index (χ0n) is 15.7. The molecule has 30 heavy (non-hydrogen) atoms. The first-order valence-electron chi connectivity index (χ1n) is 9.19. The molecule has 0 fully saturated rings. The molecule has 0 radical (unpaired) electrons. The molecule has 2 N–H and O–H groups in total. The Morgan fingerprint density at radius 1 is 0.933 bits per heavy atom. The molecule has 1 aromatic heterocycles. The maximum atomic E-state index is 13.1. The molecule has 0 saturated carbocycles. The Bertz CT molecular complexity index is 1280. The number of anilines is 1. The van der Waals surface area contributed by atoms with Crippen LogP contribution < -0.4 is 16.3 Å². The van der Waals surface area contributed by atoms with Crippen molar-refractivity contribution in [1.29, 1.82) is 0 Å². The van der Waals surface area contributed by atoms with Gasteiger partial charge in [0.25, 0.3) is 5.56 Å². The summed E-state index contributed by atoms with van der Waals surface area (Å²) < 4.78 is 1.34. The second kappa shape index (κ2) is 8.90. The van der Waals surface area contributed by atoms with Crippen molar-refractivity contribution in [3.8, 4) is 0 Å². The van der Waals surface area contributed by atoms with Crippen LogP contribution in [0, 0.1) is 0 Å². The molecule has 7 heteroatoms. The van der Waals surface area contributed by atoms with Crippen LogP contribution in [-0.2, 0) is 0 Å². The van der Waals surface area contributed by atoms with E-state index >= 15 is 0 Å². The van der Waals surface area contributed by atoms with Gasteiger partial charge in [-0.3, -0.25) is 10.2 Å². The van der Waals surface area contributed by atoms with Crippen LogP contribution in [0.25, 0.3) is 23.1 Å². The van der Waals surface area contributed by atoms with Crippen LogP contribution in [-0.4, -0.2) is 14.8 Å². The number of para-hydroxylation sites is 2. The Kier molecular flexibility index (Phi) is 5.88. The second-order valence-corrected chi connectivity index (χ2v) is 7.29. The van der Waals surface area contributed by atoms with E-state index in [1.54, 1.807) is 36.4 Å². The van der Waals surface area contributed by atoms with Gasteiger partial charge in [0.1, 0.15) is 0 Å². The number of rotatable bonds is 4. The summed E-state index contributed by atoms with van der Waals surface area (Å²) in [5.74, 6) is 0.422. The fourth-order valence-corrected chi connectivity index (χ4v) is 3.23. The molecule has 0 unspecified atom stereocenters. The molecule has 0 bridgehead atoms. The number of nitrogens with zero attached hydrogens (tertiary/aromatic N) is 2. The standard InChI is InChI=1S/C23H17ClN4OS/c24-17-13-10-16(11-14-17)12-15-21-26-20-9-5-4-8-19(20)22(29)28(21)27-23(30)25-18-6-2-1-3-7-18/h1-15H,(H2,25,27,30)/b15-12+. The summed E-state index contributed by atoms with van der Waals surface area (Å²) in [5.41, 5.74) is 5.07. The van der Waals surface area contributed by atoms with E-state index in [2.05, 4.69) is 15.7 Å². The molecule has 4 aromatic rings. The molecule has 5 nitrogen and oxygen atoms in total. The molecule has 3 aromatic carbocycles. The van der Waals surface area contributed by atoms with Crippen molar-refractivity contribution >= 4 is 57.7 Å². The molecule has 148 valence electrons. The summed E-state index contributed by atoms with van der Waals surface area (Å²) in [6.07, 6.45) is 3.62. The van der Waals surface area contributed by atoms with Crippen molar-refractivity contribution in [3.63, 3.8) is 0 Å². The molecule has 0 aliphatic carbocycles. The largest absolute Gasteiger partial charge is 0.331 e. The molecular formula is C23H17ClN4OS. The van der Waals surface area contributed by atoms with E-state index < -0.39 is 0 Å². The first-order chi connectivity index (χ1) is 14.6. The van der Waals surface area contributed by atoms with Crippen molar-refractivity contribution in [1.82, 2.24) is 9.66 Å². The third-order valence-corrected chi connectivity index (χ3v) is 4.79. The molecule has 0 saturated heterocycles. The molecule has 0 atom stereocenters. The van der Waals surface area contributed by atoms with Crippen LogP contribution in [0.1, 0.15) is 11.4 Å². The minimum Gasteiger partial charge on any atom is -0.331 e. The van der Waals surface area contributed by atoms with E-state index in [4.69, 9.17) is 23.8 Å². The summed E-state index contributed by atoms with van der Waals surface area (Å²) in [5, 5.41) is 4.50. The van der Waals surface area contributed by atoms with Gasteiger partial charge >= 0.3 is 0 Å². The summed E-state index contributed by atoms with van der Waals surface area (Å²) in [4.78, 5) is 17.7. The van der Waals surface area contributed by atoms with Crippen LogP contribution in [0.4, 0.5) is 5.69 Å². The van der Waals surface area contributed by atoms with Gasteiger partial charge in [0.2, 0.25) is 0 Å². The van der Waals surface area contributed by atoms with Crippen LogP contribution >= 0.6 is 23.8 Å². The summed E-state index contributed by atoms with van der Waals surface area (Å²) in [7, 11) is 0. The van der Waals surface area contributed by atoms with Gasteiger partial charge < -0.3 is 5.32 Å². The summed E-state index contributed by atoms with van der Waals surface area (Å²) >= 11 is 11.4. The number of hydrogen-bond donors (Lipinski definition) is 2. The van der Waals surface area contributed by atoms with E-state index in [0.717, 1.165) is 11.3 Å². The van der Waals surface area contributed by atoms with Crippen LogP contribution in [0.2, 0.25) is 5.02 Å². The van der Waals surface area contributed by atoms with Crippen LogP contribution in [0.15, 0.2) is 83.7 Å². The molecule has 0 spiro atoms. The SMILES string of the molecule is O=c1c2ccccc2nc(/C=C/c2ccc(Cl)cc2)n1NC(=S)Nc1ccccc1. The summed E-state index contributed by atoms with van der Waals surface area (Å²) in [6, 6.07) is 24.1. The smallest absolute Gasteiger partial charge is 0.280 e. The second-order valence-electron chi connectivity index (χ2n) is 6.44. The molecule has 4 rings (SSSR count). The van der Waals surface area contributed by atoms with Crippen molar-refractivity contribution in [2.75, 3.05) is 10.7 Å². The average Bonchev–Trinajstić information content (AvgIpc) is 2.76. The number of nitrogens with one attached hydrogen (secondary N) is 2. The number of thiocarbonyl (C=S) groups is 1. The minimum absolute atomic E-state index is 0.242. The van der Waals surface area contributed by atoms with Crippen LogP contribution in [0.5, 0.6) is 0 Å². The predicted octanol–water partition coefficient (Wildman–Crippen LogP) is 5.16.